The van der Waals surface area contributed by atoms with Gasteiger partial charge < -0.3 is 15.2 Å². The van der Waals surface area contributed by atoms with E-state index in [-0.39, 0.29) is 6.10 Å². The number of alkyl halides is 3. The van der Waals surface area contributed by atoms with Crippen molar-refractivity contribution >= 4 is 0 Å². The van der Waals surface area contributed by atoms with E-state index in [1.54, 1.807) is 0 Å². The highest BCUT2D eigenvalue weighted by molar-refractivity contribution is 5.29. The molecule has 6 heteroatoms. The molecule has 0 spiro atoms. The van der Waals surface area contributed by atoms with Gasteiger partial charge in [-0.15, -0.1) is 0 Å². The molecule has 0 radical (unpaired) electrons. The van der Waals surface area contributed by atoms with Crippen molar-refractivity contribution in [3.63, 3.8) is 0 Å². The van der Waals surface area contributed by atoms with Crippen LogP contribution in [0.25, 0.3) is 0 Å². The molecule has 1 aliphatic rings. The zero-order valence-corrected chi connectivity index (χ0v) is 9.57. The van der Waals surface area contributed by atoms with Crippen molar-refractivity contribution in [2.75, 3.05) is 13.1 Å². The van der Waals surface area contributed by atoms with Crippen molar-refractivity contribution < 1.29 is 23.0 Å². The first kappa shape index (κ1) is 13.2. The van der Waals surface area contributed by atoms with Gasteiger partial charge in [-0.1, -0.05) is 0 Å². The second-order valence-electron chi connectivity index (χ2n) is 4.24. The summed E-state index contributed by atoms with van der Waals surface area (Å²) in [6.45, 7) is 1.16. The molecule has 2 rings (SSSR count). The Morgan fingerprint density at radius 2 is 1.89 bits per heavy atom. The van der Waals surface area contributed by atoms with Gasteiger partial charge in [-0.05, 0) is 37.2 Å². The van der Waals surface area contributed by atoms with Crippen molar-refractivity contribution in [3.8, 4) is 5.75 Å². The molecule has 1 saturated heterocycles. The number of hydrogen-bond acceptors (Lipinski definition) is 3. The summed E-state index contributed by atoms with van der Waals surface area (Å²) in [7, 11) is 0. The fraction of sp³-hybridized carbons (Fsp3) is 0.500. The van der Waals surface area contributed by atoms with Crippen LogP contribution in [0.2, 0.25) is 0 Å². The summed E-state index contributed by atoms with van der Waals surface area (Å²) in [5.41, 5.74) is -0.708. The van der Waals surface area contributed by atoms with E-state index >= 15 is 0 Å². The zero-order chi connectivity index (χ0) is 13.2. The van der Waals surface area contributed by atoms with E-state index in [0.29, 0.717) is 18.7 Å². The van der Waals surface area contributed by atoms with E-state index in [4.69, 9.17) is 4.74 Å². The van der Waals surface area contributed by atoms with Crippen molar-refractivity contribution in [1.82, 2.24) is 5.32 Å². The van der Waals surface area contributed by atoms with Gasteiger partial charge in [0, 0.05) is 6.54 Å². The minimum atomic E-state index is -4.34. The standard InChI is InChI=1S/C12H14F3NO2/c13-12(14,15)8-1-3-9(4-2-8)18-11-5-6-16-7-10(11)17/h1-4,10-11,16-17H,5-7H2/t10-,11-/m1/s1. The van der Waals surface area contributed by atoms with Gasteiger partial charge in [-0.2, -0.15) is 13.2 Å². The zero-order valence-electron chi connectivity index (χ0n) is 9.57. The molecular formula is C12H14F3NO2. The third-order valence-corrected chi connectivity index (χ3v) is 2.86. The molecule has 0 amide bonds. The molecule has 0 aliphatic carbocycles. The summed E-state index contributed by atoms with van der Waals surface area (Å²) in [5, 5.41) is 12.6. The van der Waals surface area contributed by atoms with Gasteiger partial charge in [0.2, 0.25) is 0 Å². The number of aliphatic hydroxyl groups excluding tert-OH is 1. The summed E-state index contributed by atoms with van der Waals surface area (Å²) in [6, 6.07) is 4.50. The van der Waals surface area contributed by atoms with Gasteiger partial charge in [0.1, 0.15) is 18.0 Å². The van der Waals surface area contributed by atoms with Crippen LogP contribution in [0.15, 0.2) is 24.3 Å². The molecule has 1 aliphatic heterocycles. The maximum Gasteiger partial charge on any atom is 0.416 e. The van der Waals surface area contributed by atoms with E-state index < -0.39 is 17.8 Å². The highest BCUT2D eigenvalue weighted by Crippen LogP contribution is 2.30. The highest BCUT2D eigenvalue weighted by atomic mass is 19.4. The topological polar surface area (TPSA) is 41.5 Å². The Labute approximate surface area is 103 Å². The van der Waals surface area contributed by atoms with Gasteiger partial charge in [-0.25, -0.2) is 0 Å². The second kappa shape index (κ2) is 5.16. The molecule has 100 valence electrons. The van der Waals surface area contributed by atoms with Crippen molar-refractivity contribution in [2.24, 2.45) is 0 Å². The van der Waals surface area contributed by atoms with Gasteiger partial charge in [0.05, 0.1) is 5.56 Å². The maximum atomic E-state index is 12.4. The Balaban J connectivity index is 2.02. The summed E-state index contributed by atoms with van der Waals surface area (Å²) in [5.74, 6) is 0.342. The number of piperidine rings is 1. The van der Waals surface area contributed by atoms with Crippen LogP contribution >= 0.6 is 0 Å². The lowest BCUT2D eigenvalue weighted by atomic mass is 10.1. The predicted molar refractivity (Wildman–Crippen MR) is 59.4 cm³/mol. The molecule has 2 N–H and O–H groups in total. The average Bonchev–Trinajstić information content (AvgIpc) is 2.32. The fourth-order valence-corrected chi connectivity index (χ4v) is 1.85. The van der Waals surface area contributed by atoms with Gasteiger partial charge in [0.15, 0.2) is 0 Å². The van der Waals surface area contributed by atoms with E-state index in [1.165, 1.54) is 12.1 Å². The molecule has 2 atom stereocenters. The lowest BCUT2D eigenvalue weighted by Crippen LogP contribution is -2.46. The van der Waals surface area contributed by atoms with Gasteiger partial charge in [-0.3, -0.25) is 0 Å². The molecule has 0 bridgehead atoms. The number of halogens is 3. The molecule has 1 aromatic carbocycles. The number of aliphatic hydroxyl groups is 1. The molecular weight excluding hydrogens is 247 g/mol. The molecule has 1 heterocycles. The predicted octanol–water partition coefficient (Wildman–Crippen LogP) is 1.81. The number of benzene rings is 1. The first-order chi connectivity index (χ1) is 8.47. The van der Waals surface area contributed by atoms with Crippen molar-refractivity contribution in [2.45, 2.75) is 24.8 Å². The number of rotatable bonds is 2. The normalized spacial score (nSPS) is 24.9. The van der Waals surface area contributed by atoms with E-state index in [1.807, 2.05) is 0 Å². The monoisotopic (exact) mass is 261 g/mol. The summed E-state index contributed by atoms with van der Waals surface area (Å²) >= 11 is 0. The van der Waals surface area contributed by atoms with Gasteiger partial charge >= 0.3 is 6.18 Å². The first-order valence-electron chi connectivity index (χ1n) is 5.69. The van der Waals surface area contributed by atoms with E-state index in [9.17, 15) is 18.3 Å². The van der Waals surface area contributed by atoms with Crippen LogP contribution in [0.1, 0.15) is 12.0 Å². The molecule has 0 unspecified atom stereocenters. The summed E-state index contributed by atoms with van der Waals surface area (Å²) in [4.78, 5) is 0. The third-order valence-electron chi connectivity index (χ3n) is 2.86. The molecule has 3 nitrogen and oxygen atoms in total. The largest absolute Gasteiger partial charge is 0.488 e. The maximum absolute atomic E-state index is 12.4. The minimum absolute atomic E-state index is 0.342. The molecule has 0 aromatic heterocycles. The van der Waals surface area contributed by atoms with Crippen LogP contribution in [0, 0.1) is 0 Å². The Morgan fingerprint density at radius 3 is 2.44 bits per heavy atom. The quantitative estimate of drug-likeness (QED) is 0.853. The Morgan fingerprint density at radius 1 is 1.22 bits per heavy atom. The number of nitrogens with one attached hydrogen (secondary N) is 1. The average molecular weight is 261 g/mol. The van der Waals surface area contributed by atoms with Crippen molar-refractivity contribution in [3.05, 3.63) is 29.8 Å². The summed E-state index contributed by atoms with van der Waals surface area (Å²) in [6.07, 6.45) is -4.72. The minimum Gasteiger partial charge on any atom is -0.488 e. The lowest BCUT2D eigenvalue weighted by molar-refractivity contribution is -0.137. The van der Waals surface area contributed by atoms with Crippen LogP contribution in [-0.4, -0.2) is 30.4 Å². The first-order valence-corrected chi connectivity index (χ1v) is 5.69. The van der Waals surface area contributed by atoms with E-state index in [0.717, 1.165) is 18.7 Å². The fourth-order valence-electron chi connectivity index (χ4n) is 1.85. The number of β-amino-alcohol motifs (C(OH)–C–C–N with tert-alkyl or cyclic N) is 1. The SMILES string of the molecule is O[C@@H]1CNCC[C@H]1Oc1ccc(C(F)(F)F)cc1. The Hall–Kier alpha value is -1.27. The molecule has 1 fully saturated rings. The number of hydrogen-bond donors (Lipinski definition) is 2. The highest BCUT2D eigenvalue weighted by Gasteiger charge is 2.30. The van der Waals surface area contributed by atoms with Crippen LogP contribution in [0.3, 0.4) is 0 Å². The molecule has 18 heavy (non-hydrogen) atoms. The Bertz CT molecular complexity index is 391. The molecule has 1 aromatic rings. The number of ether oxygens (including phenoxy) is 1. The van der Waals surface area contributed by atoms with Crippen LogP contribution in [0.4, 0.5) is 13.2 Å². The van der Waals surface area contributed by atoms with E-state index in [2.05, 4.69) is 5.32 Å². The lowest BCUT2D eigenvalue weighted by Gasteiger charge is -2.28. The molecule has 0 saturated carbocycles. The van der Waals surface area contributed by atoms with Crippen LogP contribution in [-0.2, 0) is 6.18 Å². The van der Waals surface area contributed by atoms with Crippen LogP contribution in [0.5, 0.6) is 5.75 Å². The Kier molecular flexibility index (Phi) is 3.77. The second-order valence-corrected chi connectivity index (χ2v) is 4.24. The van der Waals surface area contributed by atoms with Crippen LogP contribution < -0.4 is 10.1 Å². The third kappa shape index (κ3) is 3.14. The smallest absolute Gasteiger partial charge is 0.416 e. The van der Waals surface area contributed by atoms with Gasteiger partial charge in [0.25, 0.3) is 0 Å². The van der Waals surface area contributed by atoms with Crippen molar-refractivity contribution in [1.29, 1.82) is 0 Å². The summed E-state index contributed by atoms with van der Waals surface area (Å²) < 4.78 is 42.5.